The molecule has 0 atom stereocenters. The third-order valence-electron chi connectivity index (χ3n) is 4.99. The van der Waals surface area contributed by atoms with Crippen LogP contribution in [0.25, 0.3) is 5.13 Å². The van der Waals surface area contributed by atoms with Gasteiger partial charge in [-0.25, -0.2) is 0 Å². The molecule has 1 N–H and O–H groups in total. The first kappa shape index (κ1) is 19.0. The lowest BCUT2D eigenvalue weighted by atomic mass is 9.96. The first-order chi connectivity index (χ1) is 13.7. The van der Waals surface area contributed by atoms with E-state index in [0.717, 1.165) is 47.6 Å². The lowest BCUT2D eigenvalue weighted by molar-refractivity contribution is -0.125. The van der Waals surface area contributed by atoms with Crippen molar-refractivity contribution in [2.75, 3.05) is 24.5 Å². The van der Waals surface area contributed by atoms with E-state index < -0.39 is 0 Å². The Morgan fingerprint density at radius 1 is 1.11 bits per heavy atom. The molecule has 0 unspecified atom stereocenters. The number of rotatable bonds is 6. The highest BCUT2D eigenvalue weighted by Gasteiger charge is 2.26. The maximum atomic E-state index is 12.5. The van der Waals surface area contributed by atoms with Crippen molar-refractivity contribution in [2.24, 2.45) is 5.92 Å². The fourth-order valence-corrected chi connectivity index (χ4v) is 4.35. The molecule has 2 aromatic heterocycles. The topological polar surface area (TPSA) is 63.1 Å². The van der Waals surface area contributed by atoms with E-state index in [2.05, 4.69) is 20.4 Å². The van der Waals surface area contributed by atoms with Gasteiger partial charge in [-0.15, -0.1) is 10.2 Å². The summed E-state index contributed by atoms with van der Waals surface area (Å²) in [4.78, 5) is 14.7. The van der Waals surface area contributed by atoms with Crippen LogP contribution < -0.4 is 10.2 Å². The van der Waals surface area contributed by atoms with Gasteiger partial charge in [-0.3, -0.25) is 9.36 Å². The van der Waals surface area contributed by atoms with Gasteiger partial charge in [0.1, 0.15) is 0 Å². The van der Waals surface area contributed by atoms with E-state index in [1.54, 1.807) is 11.3 Å². The van der Waals surface area contributed by atoms with Crippen LogP contribution in [0.15, 0.2) is 48.8 Å². The Morgan fingerprint density at radius 3 is 2.50 bits per heavy atom. The molecule has 1 fully saturated rings. The number of nitrogens with one attached hydrogen (secondary N) is 1. The largest absolute Gasteiger partial charge is 0.356 e. The minimum Gasteiger partial charge on any atom is -0.356 e. The summed E-state index contributed by atoms with van der Waals surface area (Å²) in [6, 6.07) is 11.7. The van der Waals surface area contributed by atoms with E-state index in [4.69, 9.17) is 11.6 Å². The molecule has 0 aliphatic carbocycles. The lowest BCUT2D eigenvalue weighted by Gasteiger charge is -2.30. The van der Waals surface area contributed by atoms with Crippen molar-refractivity contribution in [1.29, 1.82) is 0 Å². The Hall–Kier alpha value is -2.38. The monoisotopic (exact) mass is 415 g/mol. The standard InChI is InChI=1S/C20H22ClN5OS/c21-17-5-3-15(4-6-17)7-10-22-18(27)16-8-13-26(14-9-16)20-24-23-19(28-20)25-11-1-2-12-25/h1-6,11-12,16H,7-10,13-14H2,(H,22,27). The number of carbonyl (C=O) groups excluding carboxylic acids is 1. The van der Waals surface area contributed by atoms with Gasteiger partial charge in [0.05, 0.1) is 0 Å². The highest BCUT2D eigenvalue weighted by molar-refractivity contribution is 7.17. The number of hydrogen-bond donors (Lipinski definition) is 1. The highest BCUT2D eigenvalue weighted by atomic mass is 35.5. The van der Waals surface area contributed by atoms with Crippen LogP contribution >= 0.6 is 22.9 Å². The van der Waals surface area contributed by atoms with Gasteiger partial charge >= 0.3 is 0 Å². The molecule has 1 aliphatic heterocycles. The fraction of sp³-hybridized carbons (Fsp3) is 0.350. The minimum atomic E-state index is 0.0679. The second-order valence-corrected chi connectivity index (χ2v) is 8.26. The first-order valence-electron chi connectivity index (χ1n) is 9.43. The zero-order valence-electron chi connectivity index (χ0n) is 15.4. The van der Waals surface area contributed by atoms with Crippen molar-refractivity contribution in [3.63, 3.8) is 0 Å². The Labute approximate surface area is 173 Å². The number of piperidine rings is 1. The van der Waals surface area contributed by atoms with Gasteiger partial charge < -0.3 is 10.2 Å². The minimum absolute atomic E-state index is 0.0679. The zero-order valence-corrected chi connectivity index (χ0v) is 17.0. The summed E-state index contributed by atoms with van der Waals surface area (Å²) in [5.74, 6) is 0.220. The van der Waals surface area contributed by atoms with Crippen LogP contribution in [0.4, 0.5) is 5.13 Å². The molecular formula is C20H22ClN5OS. The molecule has 3 heterocycles. The molecular weight excluding hydrogens is 394 g/mol. The predicted octanol–water partition coefficient (Wildman–Crippen LogP) is 3.56. The first-order valence-corrected chi connectivity index (χ1v) is 10.6. The van der Waals surface area contributed by atoms with E-state index >= 15 is 0 Å². The fourth-order valence-electron chi connectivity index (χ4n) is 3.36. The van der Waals surface area contributed by atoms with Gasteiger partial charge in [-0.2, -0.15) is 0 Å². The molecule has 0 saturated carbocycles. The molecule has 0 bridgehead atoms. The van der Waals surface area contributed by atoms with Crippen molar-refractivity contribution in [3.05, 3.63) is 59.4 Å². The highest BCUT2D eigenvalue weighted by Crippen LogP contribution is 2.27. The molecule has 1 aromatic carbocycles. The summed E-state index contributed by atoms with van der Waals surface area (Å²) in [7, 11) is 0. The molecule has 6 nitrogen and oxygen atoms in total. The summed E-state index contributed by atoms with van der Waals surface area (Å²) >= 11 is 7.47. The van der Waals surface area contributed by atoms with Crippen LogP contribution in [0, 0.1) is 5.92 Å². The second-order valence-electron chi connectivity index (χ2n) is 6.89. The van der Waals surface area contributed by atoms with Gasteiger partial charge in [0.2, 0.25) is 16.2 Å². The third-order valence-corrected chi connectivity index (χ3v) is 6.24. The van der Waals surface area contributed by atoms with Gasteiger partial charge in [0, 0.05) is 43.0 Å². The maximum absolute atomic E-state index is 12.5. The smallest absolute Gasteiger partial charge is 0.223 e. The van der Waals surface area contributed by atoms with Crippen LogP contribution in [-0.2, 0) is 11.2 Å². The van der Waals surface area contributed by atoms with Crippen molar-refractivity contribution in [1.82, 2.24) is 20.1 Å². The van der Waals surface area contributed by atoms with E-state index in [1.165, 1.54) is 5.56 Å². The van der Waals surface area contributed by atoms with Crippen molar-refractivity contribution in [2.45, 2.75) is 19.3 Å². The van der Waals surface area contributed by atoms with Gasteiger partial charge in [0.25, 0.3) is 0 Å². The Balaban J connectivity index is 1.23. The third kappa shape index (κ3) is 4.54. The Kier molecular flexibility index (Phi) is 5.92. The van der Waals surface area contributed by atoms with E-state index in [9.17, 15) is 4.79 Å². The molecule has 28 heavy (non-hydrogen) atoms. The Bertz CT molecular complexity index is 901. The molecule has 0 radical (unpaired) electrons. The molecule has 146 valence electrons. The lowest BCUT2D eigenvalue weighted by Crippen LogP contribution is -2.41. The summed E-state index contributed by atoms with van der Waals surface area (Å²) in [5.41, 5.74) is 1.18. The van der Waals surface area contributed by atoms with Crippen molar-refractivity contribution < 1.29 is 4.79 Å². The quantitative estimate of drug-likeness (QED) is 0.668. The summed E-state index contributed by atoms with van der Waals surface area (Å²) in [6.45, 7) is 2.31. The van der Waals surface area contributed by atoms with Crippen LogP contribution in [0.5, 0.6) is 0 Å². The number of halogens is 1. The average Bonchev–Trinajstić information content (AvgIpc) is 3.41. The zero-order chi connectivity index (χ0) is 19.3. The molecule has 1 saturated heterocycles. The summed E-state index contributed by atoms with van der Waals surface area (Å²) in [5, 5.41) is 14.2. The number of carbonyl (C=O) groups is 1. The predicted molar refractivity (Wildman–Crippen MR) is 112 cm³/mol. The SMILES string of the molecule is O=C(NCCc1ccc(Cl)cc1)C1CCN(c2nnc(-n3cccc3)s2)CC1. The number of hydrogen-bond acceptors (Lipinski definition) is 5. The van der Waals surface area contributed by atoms with E-state index in [1.807, 2.05) is 53.4 Å². The van der Waals surface area contributed by atoms with E-state index in [0.29, 0.717) is 6.54 Å². The normalized spacial score (nSPS) is 15.0. The van der Waals surface area contributed by atoms with Crippen LogP contribution in [-0.4, -0.2) is 40.3 Å². The van der Waals surface area contributed by atoms with Crippen molar-refractivity contribution >= 4 is 34.0 Å². The molecule has 8 heteroatoms. The van der Waals surface area contributed by atoms with Gasteiger partial charge in [-0.05, 0) is 49.1 Å². The molecule has 1 aliphatic rings. The molecule has 3 aromatic rings. The average molecular weight is 416 g/mol. The van der Waals surface area contributed by atoms with Gasteiger partial charge in [0.15, 0.2) is 0 Å². The number of nitrogens with zero attached hydrogens (tertiary/aromatic N) is 4. The molecule has 1 amide bonds. The maximum Gasteiger partial charge on any atom is 0.223 e. The van der Waals surface area contributed by atoms with Crippen molar-refractivity contribution in [3.8, 4) is 5.13 Å². The summed E-state index contributed by atoms with van der Waals surface area (Å²) < 4.78 is 1.96. The second kappa shape index (κ2) is 8.75. The molecule has 0 spiro atoms. The van der Waals surface area contributed by atoms with Crippen LogP contribution in [0.3, 0.4) is 0 Å². The number of aromatic nitrogens is 3. The number of anilines is 1. The number of amides is 1. The Morgan fingerprint density at radius 2 is 1.79 bits per heavy atom. The summed E-state index contributed by atoms with van der Waals surface area (Å²) in [6.07, 6.45) is 6.42. The van der Waals surface area contributed by atoms with E-state index in [-0.39, 0.29) is 11.8 Å². The van der Waals surface area contributed by atoms with Gasteiger partial charge in [-0.1, -0.05) is 35.1 Å². The number of benzene rings is 1. The van der Waals surface area contributed by atoms with Crippen LogP contribution in [0.1, 0.15) is 18.4 Å². The van der Waals surface area contributed by atoms with Crippen LogP contribution in [0.2, 0.25) is 5.02 Å². The molecule has 4 rings (SSSR count).